The number of unbranched alkanes of at least 4 members (excludes halogenated alkanes) is 1. The van der Waals surface area contributed by atoms with Gasteiger partial charge < -0.3 is 37.3 Å². The molecule has 4 unspecified atom stereocenters. The summed E-state index contributed by atoms with van der Waals surface area (Å²) < 4.78 is 10.6. The lowest BCUT2D eigenvalue weighted by Crippen LogP contribution is -2.52. The molecule has 1 heterocycles. The van der Waals surface area contributed by atoms with Gasteiger partial charge in [0.25, 0.3) is 5.91 Å². The maximum atomic E-state index is 13.0. The summed E-state index contributed by atoms with van der Waals surface area (Å²) in [6, 6.07) is 4.32. The molecule has 0 radical (unpaired) electrons. The SMILES string of the molecule is CCCCC(=O)NC(Cc1ccc(OCCN/C=C(\N)CC2N=C(C(N)CC)N(C(C)C(N)=O)C2=O)cc1)C(=O)OC. The van der Waals surface area contributed by atoms with E-state index in [9.17, 15) is 19.2 Å². The summed E-state index contributed by atoms with van der Waals surface area (Å²) in [5, 5.41) is 5.80. The molecule has 1 aliphatic heterocycles. The molecule has 2 rings (SSSR count). The lowest BCUT2D eigenvalue weighted by Gasteiger charge is -2.26. The van der Waals surface area contributed by atoms with Gasteiger partial charge in [-0.3, -0.25) is 24.3 Å². The number of nitrogens with one attached hydrogen (secondary N) is 2. The largest absolute Gasteiger partial charge is 0.492 e. The highest BCUT2D eigenvalue weighted by atomic mass is 16.5. The molecule has 0 fully saturated rings. The quantitative estimate of drug-likeness (QED) is 0.119. The highest BCUT2D eigenvalue weighted by Crippen LogP contribution is 2.21. The number of primary amides is 1. The van der Waals surface area contributed by atoms with Gasteiger partial charge in [-0.1, -0.05) is 32.4 Å². The van der Waals surface area contributed by atoms with Crippen molar-refractivity contribution in [2.24, 2.45) is 22.2 Å². The Balaban J connectivity index is 1.85. The van der Waals surface area contributed by atoms with Crippen LogP contribution >= 0.6 is 0 Å². The molecule has 0 spiro atoms. The maximum Gasteiger partial charge on any atom is 0.328 e. The molecule has 232 valence electrons. The van der Waals surface area contributed by atoms with Crippen LogP contribution in [0.1, 0.15) is 58.4 Å². The predicted octanol–water partition coefficient (Wildman–Crippen LogP) is 0.456. The number of amides is 3. The molecule has 13 nitrogen and oxygen atoms in total. The molecule has 0 saturated carbocycles. The number of hydrogen-bond donors (Lipinski definition) is 5. The van der Waals surface area contributed by atoms with E-state index in [0.29, 0.717) is 49.7 Å². The topological polar surface area (TPSA) is 204 Å². The summed E-state index contributed by atoms with van der Waals surface area (Å²) in [4.78, 5) is 54.7. The van der Waals surface area contributed by atoms with Gasteiger partial charge in [0, 0.05) is 37.7 Å². The fraction of sp³-hybridized carbons (Fsp3) is 0.552. The van der Waals surface area contributed by atoms with E-state index < -0.39 is 36.0 Å². The molecule has 0 aliphatic carbocycles. The Kier molecular flexibility index (Phi) is 13.8. The second-order valence-electron chi connectivity index (χ2n) is 10.1. The molecule has 42 heavy (non-hydrogen) atoms. The van der Waals surface area contributed by atoms with Gasteiger partial charge in [-0.05, 0) is 37.5 Å². The number of nitrogens with two attached hydrogens (primary N) is 3. The molecule has 8 N–H and O–H groups in total. The first kappa shape index (κ1) is 34.1. The number of methoxy groups -OCH3 is 1. The van der Waals surface area contributed by atoms with Crippen molar-refractivity contribution in [3.8, 4) is 5.75 Å². The minimum absolute atomic E-state index is 0.154. The number of esters is 1. The lowest BCUT2D eigenvalue weighted by molar-refractivity contribution is -0.145. The minimum Gasteiger partial charge on any atom is -0.492 e. The van der Waals surface area contributed by atoms with Gasteiger partial charge in [0.1, 0.15) is 36.3 Å². The number of aliphatic imine (C=N–C) groups is 1. The van der Waals surface area contributed by atoms with Crippen molar-refractivity contribution < 1.29 is 28.7 Å². The summed E-state index contributed by atoms with van der Waals surface area (Å²) in [7, 11) is 1.29. The fourth-order valence-corrected chi connectivity index (χ4v) is 4.27. The molecule has 1 aliphatic rings. The highest BCUT2D eigenvalue weighted by Gasteiger charge is 2.40. The molecular weight excluding hydrogens is 542 g/mol. The van der Waals surface area contributed by atoms with Crippen molar-refractivity contribution in [3.63, 3.8) is 0 Å². The van der Waals surface area contributed by atoms with Gasteiger partial charge in [0.2, 0.25) is 11.8 Å². The first-order chi connectivity index (χ1) is 20.0. The maximum absolute atomic E-state index is 13.0. The van der Waals surface area contributed by atoms with Crippen molar-refractivity contribution in [3.05, 3.63) is 41.7 Å². The van der Waals surface area contributed by atoms with Crippen LogP contribution in [0.3, 0.4) is 0 Å². The molecule has 0 bridgehead atoms. The van der Waals surface area contributed by atoms with Gasteiger partial charge in [-0.25, -0.2) is 4.79 Å². The monoisotopic (exact) mass is 587 g/mol. The number of ether oxygens (including phenoxy) is 2. The third-order valence-electron chi connectivity index (χ3n) is 6.80. The van der Waals surface area contributed by atoms with Gasteiger partial charge in [-0.2, -0.15) is 0 Å². The first-order valence-corrected chi connectivity index (χ1v) is 14.2. The van der Waals surface area contributed by atoms with E-state index in [2.05, 4.69) is 15.6 Å². The second kappa shape index (κ2) is 17.0. The summed E-state index contributed by atoms with van der Waals surface area (Å²) in [5.41, 5.74) is 18.9. The van der Waals surface area contributed by atoms with Crippen molar-refractivity contribution >= 4 is 29.5 Å². The van der Waals surface area contributed by atoms with E-state index in [1.165, 1.54) is 12.0 Å². The number of hydrogen-bond acceptors (Lipinski definition) is 10. The van der Waals surface area contributed by atoms with Crippen molar-refractivity contribution in [1.82, 2.24) is 15.5 Å². The minimum atomic E-state index is -0.862. The van der Waals surface area contributed by atoms with Crippen LogP contribution in [-0.4, -0.2) is 78.9 Å². The molecule has 0 saturated heterocycles. The van der Waals surface area contributed by atoms with Gasteiger partial charge >= 0.3 is 5.97 Å². The standard InChI is InChI=1S/C29H45N7O6/c1-5-7-8-25(37)34-24(29(40)41-4)15-19-9-11-21(12-10-19)42-14-13-33-17-20(30)16-23-28(39)36(18(3)26(32)38)27(35-23)22(31)6-2/h9-12,17-18,22-24,33H,5-8,13-16,30-31H2,1-4H3,(H2,32,38)(H,34,37)/b20-17-. The zero-order valence-electron chi connectivity index (χ0n) is 24.9. The number of carbonyl (C=O) groups is 4. The number of nitrogens with zero attached hydrogens (tertiary/aromatic N) is 2. The van der Waals surface area contributed by atoms with E-state index in [-0.39, 0.29) is 18.2 Å². The molecular formula is C29H45N7O6. The first-order valence-electron chi connectivity index (χ1n) is 14.2. The Labute approximate surface area is 247 Å². The van der Waals surface area contributed by atoms with Crippen LogP contribution in [0.4, 0.5) is 0 Å². The summed E-state index contributed by atoms with van der Waals surface area (Å²) in [5.74, 6) is -0.700. The van der Waals surface area contributed by atoms with Gasteiger partial charge in [0.15, 0.2) is 0 Å². The molecule has 1 aromatic rings. The zero-order chi connectivity index (χ0) is 31.2. The van der Waals surface area contributed by atoms with Crippen LogP contribution in [0.25, 0.3) is 0 Å². The average molecular weight is 588 g/mol. The van der Waals surface area contributed by atoms with Crippen LogP contribution in [-0.2, 0) is 30.3 Å². The number of rotatable bonds is 18. The van der Waals surface area contributed by atoms with E-state index in [0.717, 1.165) is 18.4 Å². The van der Waals surface area contributed by atoms with Crippen molar-refractivity contribution in [2.45, 2.75) is 83.5 Å². The van der Waals surface area contributed by atoms with E-state index in [1.807, 2.05) is 26.0 Å². The number of benzene rings is 1. The van der Waals surface area contributed by atoms with Gasteiger partial charge in [-0.15, -0.1) is 0 Å². The van der Waals surface area contributed by atoms with Crippen LogP contribution in [0.5, 0.6) is 5.75 Å². The molecule has 4 atom stereocenters. The number of carbonyl (C=O) groups excluding carboxylic acids is 4. The predicted molar refractivity (Wildman–Crippen MR) is 159 cm³/mol. The Morgan fingerprint density at radius 2 is 1.86 bits per heavy atom. The Morgan fingerprint density at radius 3 is 2.45 bits per heavy atom. The van der Waals surface area contributed by atoms with Crippen molar-refractivity contribution in [1.29, 1.82) is 0 Å². The van der Waals surface area contributed by atoms with Crippen LogP contribution in [0.15, 0.2) is 41.2 Å². The molecule has 3 amide bonds. The van der Waals surface area contributed by atoms with Crippen molar-refractivity contribution in [2.75, 3.05) is 20.3 Å². The third kappa shape index (κ3) is 10.1. The molecule has 1 aromatic carbocycles. The van der Waals surface area contributed by atoms with Crippen LogP contribution in [0, 0.1) is 0 Å². The molecule has 0 aromatic heterocycles. The van der Waals surface area contributed by atoms with E-state index in [1.54, 1.807) is 25.3 Å². The van der Waals surface area contributed by atoms with Crippen LogP contribution < -0.4 is 32.6 Å². The van der Waals surface area contributed by atoms with E-state index >= 15 is 0 Å². The Bertz CT molecular complexity index is 1140. The third-order valence-corrected chi connectivity index (χ3v) is 6.80. The highest BCUT2D eigenvalue weighted by molar-refractivity contribution is 6.10. The second-order valence-corrected chi connectivity index (χ2v) is 10.1. The zero-order valence-corrected chi connectivity index (χ0v) is 24.9. The Morgan fingerprint density at radius 1 is 1.17 bits per heavy atom. The smallest absolute Gasteiger partial charge is 0.328 e. The summed E-state index contributed by atoms with van der Waals surface area (Å²) >= 11 is 0. The summed E-state index contributed by atoms with van der Waals surface area (Å²) in [6.45, 7) is 6.18. The average Bonchev–Trinajstić information content (AvgIpc) is 3.29. The summed E-state index contributed by atoms with van der Waals surface area (Å²) in [6.07, 6.45) is 4.60. The lowest BCUT2D eigenvalue weighted by atomic mass is 10.1. The van der Waals surface area contributed by atoms with Crippen LogP contribution in [0.2, 0.25) is 0 Å². The fourth-order valence-electron chi connectivity index (χ4n) is 4.27. The molecule has 13 heteroatoms. The van der Waals surface area contributed by atoms with Gasteiger partial charge in [0.05, 0.1) is 13.2 Å². The number of amidine groups is 1. The normalized spacial score (nSPS) is 17.2. The Hall–Kier alpha value is -4.13. The van der Waals surface area contributed by atoms with E-state index in [4.69, 9.17) is 26.7 Å².